The molecule has 0 saturated carbocycles. The maximum Gasteiger partial charge on any atom is 0.324 e. The molecule has 0 spiro atoms. The van der Waals surface area contributed by atoms with Gasteiger partial charge in [0.25, 0.3) is 0 Å². The van der Waals surface area contributed by atoms with Crippen LogP contribution in [0, 0.1) is 24.5 Å². The molecule has 0 amide bonds. The van der Waals surface area contributed by atoms with E-state index in [9.17, 15) is 8.78 Å². The van der Waals surface area contributed by atoms with Crippen LogP contribution in [0.1, 0.15) is 25.0 Å². The number of rotatable bonds is 4. The van der Waals surface area contributed by atoms with Gasteiger partial charge in [-0.15, -0.1) is 0 Å². The Labute approximate surface area is 122 Å². The third kappa shape index (κ3) is 3.65. The maximum atomic E-state index is 13.7. The Bertz CT molecular complexity index is 636. The fourth-order valence-electron chi connectivity index (χ4n) is 1.96. The van der Waals surface area contributed by atoms with E-state index in [0.717, 1.165) is 18.1 Å². The minimum atomic E-state index is -0.805. The summed E-state index contributed by atoms with van der Waals surface area (Å²) < 4.78 is 32.0. The number of aryl methyl sites for hydroxylation is 1. The molecule has 2 aromatic rings. The van der Waals surface area contributed by atoms with E-state index >= 15 is 0 Å². The number of benzene rings is 1. The second kappa shape index (κ2) is 6.03. The maximum absolute atomic E-state index is 13.7. The Morgan fingerprint density at radius 3 is 2.57 bits per heavy atom. The molecule has 112 valence electrons. The molecule has 21 heavy (non-hydrogen) atoms. The number of ether oxygens (including phenoxy) is 1. The predicted molar refractivity (Wildman–Crippen MR) is 76.2 cm³/mol. The highest BCUT2D eigenvalue weighted by Crippen LogP contribution is 2.28. The van der Waals surface area contributed by atoms with Gasteiger partial charge in [-0.25, -0.2) is 13.8 Å². The summed E-state index contributed by atoms with van der Waals surface area (Å²) in [6.07, 6.45) is 2.31. The van der Waals surface area contributed by atoms with Crippen molar-refractivity contribution >= 4 is 5.82 Å². The van der Waals surface area contributed by atoms with Gasteiger partial charge in [0.15, 0.2) is 11.6 Å². The molecule has 0 aliphatic heterocycles. The fraction of sp³-hybridized carbons (Fsp3) is 0.333. The standard InChI is InChI=1S/C15H17F2N3O/c1-8(2)4-10-7-19-15(20-14(10)18)21-13-9(3)5-11(16)6-12(13)17/h5-8H,4H2,1-3H3,(H2,18,19,20). The molecule has 0 radical (unpaired) electrons. The van der Waals surface area contributed by atoms with Crippen LogP contribution in [0.25, 0.3) is 0 Å². The smallest absolute Gasteiger partial charge is 0.324 e. The van der Waals surface area contributed by atoms with E-state index in [-0.39, 0.29) is 11.8 Å². The number of aromatic nitrogens is 2. The molecule has 2 rings (SSSR count). The summed E-state index contributed by atoms with van der Waals surface area (Å²) in [5.74, 6) is -0.855. The third-order valence-corrected chi connectivity index (χ3v) is 2.89. The molecule has 0 aliphatic carbocycles. The van der Waals surface area contributed by atoms with Crippen LogP contribution in [0.15, 0.2) is 18.3 Å². The summed E-state index contributed by atoms with van der Waals surface area (Å²) in [6.45, 7) is 5.65. The number of anilines is 1. The van der Waals surface area contributed by atoms with E-state index in [1.807, 2.05) is 0 Å². The van der Waals surface area contributed by atoms with Crippen LogP contribution in [0.3, 0.4) is 0 Å². The van der Waals surface area contributed by atoms with Gasteiger partial charge in [0.2, 0.25) is 0 Å². The fourth-order valence-corrected chi connectivity index (χ4v) is 1.96. The van der Waals surface area contributed by atoms with E-state index in [4.69, 9.17) is 10.5 Å². The van der Waals surface area contributed by atoms with Crippen molar-refractivity contribution in [3.8, 4) is 11.8 Å². The zero-order valence-electron chi connectivity index (χ0n) is 12.2. The first kappa shape index (κ1) is 15.2. The molecule has 1 aromatic carbocycles. The second-order valence-electron chi connectivity index (χ2n) is 5.30. The molecule has 6 heteroatoms. The Hall–Kier alpha value is -2.24. The van der Waals surface area contributed by atoms with Gasteiger partial charge in [-0.1, -0.05) is 13.8 Å². The van der Waals surface area contributed by atoms with E-state index < -0.39 is 11.6 Å². The van der Waals surface area contributed by atoms with E-state index in [1.54, 1.807) is 6.20 Å². The predicted octanol–water partition coefficient (Wildman–Crippen LogP) is 3.64. The quantitative estimate of drug-likeness (QED) is 0.935. The molecule has 0 bridgehead atoms. The van der Waals surface area contributed by atoms with Crippen molar-refractivity contribution in [2.24, 2.45) is 5.92 Å². The van der Waals surface area contributed by atoms with Crippen molar-refractivity contribution < 1.29 is 13.5 Å². The van der Waals surface area contributed by atoms with Gasteiger partial charge in [-0.05, 0) is 30.9 Å². The average molecular weight is 293 g/mol. The lowest BCUT2D eigenvalue weighted by atomic mass is 10.1. The van der Waals surface area contributed by atoms with Crippen LogP contribution in [0.2, 0.25) is 0 Å². The van der Waals surface area contributed by atoms with Gasteiger partial charge in [0.1, 0.15) is 11.6 Å². The van der Waals surface area contributed by atoms with Crippen LogP contribution in [-0.2, 0) is 6.42 Å². The molecular formula is C15H17F2N3O. The molecule has 0 unspecified atom stereocenters. The van der Waals surface area contributed by atoms with Crippen molar-refractivity contribution in [1.29, 1.82) is 0 Å². The highest BCUT2D eigenvalue weighted by Gasteiger charge is 2.13. The Kier molecular flexibility index (Phi) is 4.35. The van der Waals surface area contributed by atoms with Crippen LogP contribution in [-0.4, -0.2) is 9.97 Å². The number of nitrogen functional groups attached to an aromatic ring is 1. The van der Waals surface area contributed by atoms with E-state index in [0.29, 0.717) is 17.3 Å². The summed E-state index contributed by atoms with van der Waals surface area (Å²) in [7, 11) is 0. The lowest BCUT2D eigenvalue weighted by Crippen LogP contribution is -2.05. The number of hydrogen-bond donors (Lipinski definition) is 1. The monoisotopic (exact) mass is 293 g/mol. The lowest BCUT2D eigenvalue weighted by molar-refractivity contribution is 0.404. The highest BCUT2D eigenvalue weighted by atomic mass is 19.1. The highest BCUT2D eigenvalue weighted by molar-refractivity contribution is 5.41. The average Bonchev–Trinajstić information content (AvgIpc) is 2.36. The van der Waals surface area contributed by atoms with Crippen molar-refractivity contribution in [2.75, 3.05) is 5.73 Å². The third-order valence-electron chi connectivity index (χ3n) is 2.89. The topological polar surface area (TPSA) is 61.0 Å². The van der Waals surface area contributed by atoms with Crippen molar-refractivity contribution in [3.05, 3.63) is 41.1 Å². The lowest BCUT2D eigenvalue weighted by Gasteiger charge is -2.11. The van der Waals surface area contributed by atoms with Crippen molar-refractivity contribution in [3.63, 3.8) is 0 Å². The van der Waals surface area contributed by atoms with Crippen molar-refractivity contribution in [2.45, 2.75) is 27.2 Å². The number of nitrogens with zero attached hydrogens (tertiary/aromatic N) is 2. The summed E-state index contributed by atoms with van der Waals surface area (Å²) in [4.78, 5) is 8.03. The van der Waals surface area contributed by atoms with Crippen LogP contribution in [0.5, 0.6) is 11.8 Å². The number of hydrogen-bond acceptors (Lipinski definition) is 4. The normalized spacial score (nSPS) is 11.0. The van der Waals surface area contributed by atoms with Crippen LogP contribution >= 0.6 is 0 Å². The minimum absolute atomic E-state index is 0.0615. The second-order valence-corrected chi connectivity index (χ2v) is 5.30. The molecule has 0 fully saturated rings. The molecule has 2 N–H and O–H groups in total. The number of nitrogens with two attached hydrogens (primary N) is 1. The molecule has 1 aromatic heterocycles. The van der Waals surface area contributed by atoms with Gasteiger partial charge >= 0.3 is 6.01 Å². The largest absolute Gasteiger partial charge is 0.421 e. The SMILES string of the molecule is Cc1cc(F)cc(F)c1Oc1ncc(CC(C)C)c(N)n1. The van der Waals surface area contributed by atoms with Gasteiger partial charge < -0.3 is 10.5 Å². The molecule has 0 aliphatic rings. The van der Waals surface area contributed by atoms with E-state index in [1.165, 1.54) is 13.0 Å². The molecule has 0 saturated heterocycles. The van der Waals surface area contributed by atoms with Gasteiger partial charge in [-0.2, -0.15) is 4.98 Å². The molecule has 0 atom stereocenters. The summed E-state index contributed by atoms with van der Waals surface area (Å²) in [5.41, 5.74) is 6.97. The summed E-state index contributed by atoms with van der Waals surface area (Å²) >= 11 is 0. The van der Waals surface area contributed by atoms with E-state index in [2.05, 4.69) is 23.8 Å². The Morgan fingerprint density at radius 1 is 1.29 bits per heavy atom. The molecule has 4 nitrogen and oxygen atoms in total. The van der Waals surface area contributed by atoms with Crippen molar-refractivity contribution in [1.82, 2.24) is 9.97 Å². The first-order chi connectivity index (χ1) is 9.86. The zero-order valence-corrected chi connectivity index (χ0v) is 12.2. The van der Waals surface area contributed by atoms with Gasteiger partial charge in [0, 0.05) is 17.8 Å². The minimum Gasteiger partial charge on any atom is -0.421 e. The zero-order chi connectivity index (χ0) is 15.6. The molecule has 1 heterocycles. The number of halogens is 2. The first-order valence-electron chi connectivity index (χ1n) is 6.61. The Balaban J connectivity index is 2.27. The van der Waals surface area contributed by atoms with Gasteiger partial charge in [0.05, 0.1) is 0 Å². The first-order valence-corrected chi connectivity index (χ1v) is 6.61. The Morgan fingerprint density at radius 2 is 2.00 bits per heavy atom. The van der Waals surface area contributed by atoms with Gasteiger partial charge in [-0.3, -0.25) is 0 Å². The summed E-state index contributed by atoms with van der Waals surface area (Å²) in [5, 5.41) is 0. The van der Waals surface area contributed by atoms with Crippen LogP contribution < -0.4 is 10.5 Å². The van der Waals surface area contributed by atoms with Crippen LogP contribution in [0.4, 0.5) is 14.6 Å². The summed E-state index contributed by atoms with van der Waals surface area (Å²) in [6, 6.07) is 1.86. The molecular weight excluding hydrogens is 276 g/mol.